The highest BCUT2D eigenvalue weighted by Crippen LogP contribution is 2.43. The van der Waals surface area contributed by atoms with E-state index in [1.165, 1.54) is 116 Å². The monoisotopic (exact) mass is 777 g/mol. The van der Waals surface area contributed by atoms with Gasteiger partial charge >= 0.3 is 19.8 Å². The van der Waals surface area contributed by atoms with Gasteiger partial charge in [-0.05, 0) is 38.5 Å². The number of phosphoric acid groups is 1. The second-order valence-corrected chi connectivity index (χ2v) is 16.2. The number of rotatable bonds is 41. The van der Waals surface area contributed by atoms with Crippen molar-refractivity contribution in [1.29, 1.82) is 0 Å². The number of aliphatic hydroxyl groups excluding tert-OH is 2. The number of ether oxygens (including phenoxy) is 2. The molecule has 0 amide bonds. The molecule has 0 aromatic carbocycles. The second kappa shape index (κ2) is 39.0. The van der Waals surface area contributed by atoms with E-state index in [0.717, 1.165) is 51.4 Å². The third kappa shape index (κ3) is 38.8. The average molecular weight is 777 g/mol. The smallest absolute Gasteiger partial charge is 0.462 e. The normalized spacial score (nSPS) is 14.0. The number of carbonyl (C=O) groups is 2. The van der Waals surface area contributed by atoms with Crippen LogP contribution in [0.5, 0.6) is 0 Å². The maximum absolute atomic E-state index is 12.6. The van der Waals surface area contributed by atoms with Gasteiger partial charge in [0.05, 0.1) is 19.8 Å². The van der Waals surface area contributed by atoms with Crippen LogP contribution in [0.15, 0.2) is 12.2 Å². The van der Waals surface area contributed by atoms with E-state index in [9.17, 15) is 24.2 Å². The molecule has 0 bridgehead atoms. The van der Waals surface area contributed by atoms with Crippen LogP contribution in [0.25, 0.3) is 0 Å². The van der Waals surface area contributed by atoms with Crippen LogP contribution in [-0.2, 0) is 32.7 Å². The summed E-state index contributed by atoms with van der Waals surface area (Å²) < 4.78 is 32.7. The fraction of sp³-hybridized carbons (Fsp3) is 0.905. The lowest BCUT2D eigenvalue weighted by Crippen LogP contribution is -2.29. The lowest BCUT2D eigenvalue weighted by atomic mass is 10.0. The van der Waals surface area contributed by atoms with Gasteiger partial charge in [0.25, 0.3) is 0 Å². The van der Waals surface area contributed by atoms with Crippen molar-refractivity contribution in [1.82, 2.24) is 0 Å². The van der Waals surface area contributed by atoms with Crippen molar-refractivity contribution in [2.45, 2.75) is 219 Å². The van der Waals surface area contributed by atoms with Crippen molar-refractivity contribution in [3.8, 4) is 0 Å². The molecule has 10 nitrogen and oxygen atoms in total. The van der Waals surface area contributed by atoms with Gasteiger partial charge < -0.3 is 24.6 Å². The number of allylic oxidation sites excluding steroid dienone is 2. The van der Waals surface area contributed by atoms with Crippen molar-refractivity contribution in [3.05, 3.63) is 12.2 Å². The van der Waals surface area contributed by atoms with E-state index >= 15 is 0 Å². The summed E-state index contributed by atoms with van der Waals surface area (Å²) in [5.74, 6) is -0.924. The van der Waals surface area contributed by atoms with E-state index in [1.54, 1.807) is 0 Å². The molecule has 0 aromatic rings. The molecule has 0 saturated heterocycles. The summed E-state index contributed by atoms with van der Waals surface area (Å²) in [5, 5.41) is 18.3. The van der Waals surface area contributed by atoms with E-state index < -0.39 is 51.8 Å². The molecule has 0 aliphatic carbocycles. The molecule has 0 saturated carbocycles. The highest BCUT2D eigenvalue weighted by atomic mass is 31.2. The molecule has 0 aliphatic rings. The number of hydrogen-bond donors (Lipinski definition) is 3. The maximum atomic E-state index is 12.6. The number of carbonyl (C=O) groups excluding carboxylic acids is 2. The van der Waals surface area contributed by atoms with Gasteiger partial charge in [-0.15, -0.1) is 0 Å². The van der Waals surface area contributed by atoms with Gasteiger partial charge in [0.2, 0.25) is 0 Å². The summed E-state index contributed by atoms with van der Waals surface area (Å²) in [4.78, 5) is 34.9. The average Bonchev–Trinajstić information content (AvgIpc) is 3.14. The lowest BCUT2D eigenvalue weighted by molar-refractivity contribution is -0.161. The van der Waals surface area contributed by atoms with Gasteiger partial charge in [-0.3, -0.25) is 18.6 Å². The molecular formula is C42H81O10P. The zero-order valence-electron chi connectivity index (χ0n) is 34.0. The Labute approximate surface area is 324 Å². The molecule has 3 atom stereocenters. The minimum atomic E-state index is -4.61. The minimum Gasteiger partial charge on any atom is -0.462 e. The van der Waals surface area contributed by atoms with Crippen molar-refractivity contribution in [2.24, 2.45) is 0 Å². The summed E-state index contributed by atoms with van der Waals surface area (Å²) in [6.45, 7) is 2.39. The van der Waals surface area contributed by atoms with E-state index in [0.29, 0.717) is 12.8 Å². The van der Waals surface area contributed by atoms with Crippen LogP contribution in [-0.4, -0.2) is 65.7 Å². The molecule has 0 fully saturated rings. The van der Waals surface area contributed by atoms with Crippen molar-refractivity contribution in [3.63, 3.8) is 0 Å². The van der Waals surface area contributed by atoms with Crippen LogP contribution >= 0.6 is 7.82 Å². The molecule has 0 aromatic heterocycles. The largest absolute Gasteiger partial charge is 0.472 e. The summed E-state index contributed by atoms with van der Waals surface area (Å²) in [6.07, 6.45) is 36.0. The predicted molar refractivity (Wildman–Crippen MR) is 215 cm³/mol. The van der Waals surface area contributed by atoms with Gasteiger partial charge in [-0.1, -0.05) is 167 Å². The van der Waals surface area contributed by atoms with Crippen LogP contribution in [0.2, 0.25) is 0 Å². The molecule has 0 radical (unpaired) electrons. The molecule has 0 heterocycles. The standard InChI is InChI=1S/C42H81O10P/c1-3-5-7-9-11-13-15-17-19-21-23-25-27-29-31-33-41(45)49-37-40(38-51-53(47,48)50-36-39(44)35-43)52-42(46)34-32-30-28-26-24-22-20-18-16-14-12-10-8-6-4-2/h17,19,39-40,43-44H,3-16,18,20-38H2,1-2H3,(H,47,48). The number of aliphatic hydroxyl groups is 2. The van der Waals surface area contributed by atoms with Crippen LogP contribution in [0.4, 0.5) is 0 Å². The van der Waals surface area contributed by atoms with Crippen molar-refractivity contribution in [2.75, 3.05) is 26.4 Å². The zero-order chi connectivity index (χ0) is 39.1. The SMILES string of the molecule is CCCCCCCCC=CCCCCCCCC(=O)OCC(COP(=O)(O)OCC(O)CO)OC(=O)CCCCCCCCCCCCCCCCC. The second-order valence-electron chi connectivity index (χ2n) is 14.7. The topological polar surface area (TPSA) is 149 Å². The molecular weight excluding hydrogens is 695 g/mol. The van der Waals surface area contributed by atoms with Crippen LogP contribution < -0.4 is 0 Å². The Morgan fingerprint density at radius 2 is 0.925 bits per heavy atom. The summed E-state index contributed by atoms with van der Waals surface area (Å²) >= 11 is 0. The van der Waals surface area contributed by atoms with E-state index in [2.05, 4.69) is 30.5 Å². The Bertz CT molecular complexity index is 899. The Hall–Kier alpha value is -1.29. The fourth-order valence-corrected chi connectivity index (χ4v) is 6.84. The van der Waals surface area contributed by atoms with Crippen molar-refractivity contribution < 1.29 is 47.8 Å². The molecule has 11 heteroatoms. The predicted octanol–water partition coefficient (Wildman–Crippen LogP) is 11.2. The van der Waals surface area contributed by atoms with Crippen LogP contribution in [0.3, 0.4) is 0 Å². The summed E-state index contributed by atoms with van der Waals surface area (Å²) in [7, 11) is -4.61. The van der Waals surface area contributed by atoms with E-state index in [-0.39, 0.29) is 19.4 Å². The third-order valence-corrected chi connectivity index (χ3v) is 10.4. The van der Waals surface area contributed by atoms with Gasteiger partial charge in [0, 0.05) is 12.8 Å². The van der Waals surface area contributed by atoms with Gasteiger partial charge in [-0.25, -0.2) is 4.57 Å². The summed E-state index contributed by atoms with van der Waals surface area (Å²) in [6, 6.07) is 0. The highest BCUT2D eigenvalue weighted by molar-refractivity contribution is 7.47. The number of esters is 2. The molecule has 3 unspecified atom stereocenters. The number of unbranched alkanes of at least 4 members (excludes halogenated alkanes) is 25. The molecule has 0 rings (SSSR count). The number of phosphoric ester groups is 1. The minimum absolute atomic E-state index is 0.188. The number of hydrogen-bond acceptors (Lipinski definition) is 9. The Morgan fingerprint density at radius 1 is 0.547 bits per heavy atom. The Morgan fingerprint density at radius 3 is 1.36 bits per heavy atom. The van der Waals surface area contributed by atoms with Gasteiger partial charge in [0.1, 0.15) is 12.7 Å². The first kappa shape index (κ1) is 51.7. The van der Waals surface area contributed by atoms with Gasteiger partial charge in [0.15, 0.2) is 6.10 Å². The van der Waals surface area contributed by atoms with E-state index in [1.807, 2.05) is 0 Å². The fourth-order valence-electron chi connectivity index (χ4n) is 6.05. The van der Waals surface area contributed by atoms with Crippen LogP contribution in [0, 0.1) is 0 Å². The first-order chi connectivity index (χ1) is 25.7. The molecule has 0 spiro atoms. The molecule has 3 N–H and O–H groups in total. The van der Waals surface area contributed by atoms with Crippen LogP contribution in [0.1, 0.15) is 206 Å². The first-order valence-electron chi connectivity index (χ1n) is 21.6. The maximum Gasteiger partial charge on any atom is 0.472 e. The summed E-state index contributed by atoms with van der Waals surface area (Å²) in [5.41, 5.74) is 0. The van der Waals surface area contributed by atoms with Crippen molar-refractivity contribution >= 4 is 19.8 Å². The van der Waals surface area contributed by atoms with E-state index in [4.69, 9.17) is 19.1 Å². The first-order valence-corrected chi connectivity index (χ1v) is 23.1. The quantitative estimate of drug-likeness (QED) is 0.0237. The highest BCUT2D eigenvalue weighted by Gasteiger charge is 2.27. The Balaban J connectivity index is 4.28. The van der Waals surface area contributed by atoms with Gasteiger partial charge in [-0.2, -0.15) is 0 Å². The molecule has 53 heavy (non-hydrogen) atoms. The third-order valence-electron chi connectivity index (χ3n) is 9.42. The molecule has 314 valence electrons. The molecule has 0 aliphatic heterocycles. The zero-order valence-corrected chi connectivity index (χ0v) is 34.9. The lowest BCUT2D eigenvalue weighted by Gasteiger charge is -2.20. The Kier molecular flexibility index (Phi) is 38.0.